The molecule has 46 heavy (non-hydrogen) atoms. The number of imide groups is 1. The molecule has 4 heterocycles. The van der Waals surface area contributed by atoms with Crippen LogP contribution in [-0.2, 0) is 11.3 Å². The van der Waals surface area contributed by atoms with Crippen LogP contribution >= 0.6 is 0 Å². The number of piperidine rings is 1. The molecule has 0 spiro atoms. The van der Waals surface area contributed by atoms with Crippen molar-refractivity contribution in [1.82, 2.24) is 34.9 Å². The van der Waals surface area contributed by atoms with Gasteiger partial charge in [0.15, 0.2) is 12.2 Å². The number of nitrogens with one attached hydrogen (secondary N) is 1. The number of carboxylic acids is 1. The average molecular weight is 623 g/mol. The first-order valence-corrected chi connectivity index (χ1v) is 15.1. The van der Waals surface area contributed by atoms with Crippen LogP contribution in [0.3, 0.4) is 0 Å². The zero-order valence-electron chi connectivity index (χ0n) is 25.8. The van der Waals surface area contributed by atoms with E-state index in [9.17, 15) is 24.3 Å². The Morgan fingerprint density at radius 1 is 1.07 bits per heavy atom. The van der Waals surface area contributed by atoms with E-state index < -0.39 is 36.0 Å². The second kappa shape index (κ2) is 12.5. The van der Waals surface area contributed by atoms with Crippen molar-refractivity contribution >= 4 is 40.7 Å². The van der Waals surface area contributed by atoms with Gasteiger partial charge in [0, 0.05) is 37.3 Å². The molecule has 0 radical (unpaired) electrons. The van der Waals surface area contributed by atoms with Crippen molar-refractivity contribution in [2.45, 2.75) is 51.5 Å². The number of aryl methyl sites for hydroxylation is 1. The summed E-state index contributed by atoms with van der Waals surface area (Å²) in [5.74, 6) is 4.78. The highest BCUT2D eigenvalue weighted by Gasteiger charge is 2.53. The number of urea groups is 1. The van der Waals surface area contributed by atoms with Crippen LogP contribution in [0.2, 0.25) is 0 Å². The van der Waals surface area contributed by atoms with E-state index >= 15 is 0 Å². The van der Waals surface area contributed by atoms with Crippen LogP contribution in [0, 0.1) is 18.8 Å². The summed E-state index contributed by atoms with van der Waals surface area (Å²) in [6, 6.07) is 12.1. The van der Waals surface area contributed by atoms with Crippen molar-refractivity contribution in [3.8, 4) is 11.8 Å². The first-order valence-electron chi connectivity index (χ1n) is 15.1. The number of guanidine groups is 1. The molecule has 2 aromatic carbocycles. The van der Waals surface area contributed by atoms with Gasteiger partial charge in [0.2, 0.25) is 5.96 Å². The third-order valence-corrected chi connectivity index (χ3v) is 8.58. The Bertz CT molecular complexity index is 1830. The zero-order chi connectivity index (χ0) is 32.5. The fourth-order valence-corrected chi connectivity index (χ4v) is 6.32. The van der Waals surface area contributed by atoms with Crippen molar-refractivity contribution in [3.05, 3.63) is 71.2 Å². The largest absolute Gasteiger partial charge is 0.478 e. The predicted octanol–water partition coefficient (Wildman–Crippen LogP) is 2.31. The lowest BCUT2D eigenvalue weighted by Gasteiger charge is -2.42. The smallest absolute Gasteiger partial charge is 0.336 e. The van der Waals surface area contributed by atoms with E-state index in [1.54, 1.807) is 26.1 Å². The number of aromatic carboxylic acids is 1. The lowest BCUT2D eigenvalue weighted by atomic mass is 10.0. The topological polar surface area (TPSA) is 152 Å². The Kier molecular flexibility index (Phi) is 8.27. The minimum atomic E-state index is -1.17. The summed E-state index contributed by atoms with van der Waals surface area (Å²) in [6.07, 6.45) is 0.644. The fourth-order valence-electron chi connectivity index (χ4n) is 6.32. The van der Waals surface area contributed by atoms with Crippen LogP contribution in [0.4, 0.5) is 4.79 Å². The minimum Gasteiger partial charge on any atom is -0.478 e. The lowest BCUT2D eigenvalue weighted by Crippen LogP contribution is -2.65. The van der Waals surface area contributed by atoms with Gasteiger partial charge in [-0.25, -0.2) is 24.5 Å². The van der Waals surface area contributed by atoms with E-state index in [0.717, 1.165) is 23.0 Å². The first-order chi connectivity index (χ1) is 22.2. The van der Waals surface area contributed by atoms with E-state index in [0.29, 0.717) is 31.3 Å². The molecule has 1 aromatic heterocycles. The minimum absolute atomic E-state index is 0.0683. The number of hydrogen-bond acceptors (Lipinski definition) is 9. The summed E-state index contributed by atoms with van der Waals surface area (Å²) < 4.78 is 0. The van der Waals surface area contributed by atoms with Crippen LogP contribution in [0.1, 0.15) is 52.0 Å². The molecule has 3 aliphatic rings. The molecule has 3 aromatic rings. The molecule has 236 valence electrons. The van der Waals surface area contributed by atoms with Crippen LogP contribution < -0.4 is 5.32 Å². The molecule has 6 rings (SSSR count). The van der Waals surface area contributed by atoms with E-state index in [1.165, 1.54) is 21.9 Å². The molecule has 2 fully saturated rings. The maximum atomic E-state index is 14.1. The number of likely N-dealkylation sites (tertiary alicyclic amines) is 1. The number of nitrogens with zero attached hydrogens (tertiary/aromatic N) is 7. The van der Waals surface area contributed by atoms with E-state index in [1.807, 2.05) is 41.0 Å². The van der Waals surface area contributed by atoms with Crippen LogP contribution in [0.5, 0.6) is 0 Å². The number of carbonyl (C=O) groups is 4. The van der Waals surface area contributed by atoms with Crippen molar-refractivity contribution in [3.63, 3.8) is 0 Å². The molecule has 0 saturated carbocycles. The van der Waals surface area contributed by atoms with Crippen LogP contribution in [0.15, 0.2) is 53.5 Å². The van der Waals surface area contributed by atoms with Gasteiger partial charge in [-0.05, 0) is 44.9 Å². The van der Waals surface area contributed by atoms with Crippen molar-refractivity contribution in [2.75, 3.05) is 26.7 Å². The van der Waals surface area contributed by atoms with E-state index in [2.05, 4.69) is 27.1 Å². The Labute approximate surface area is 265 Å². The molecule has 0 aliphatic carbocycles. The molecule has 3 atom stereocenters. The van der Waals surface area contributed by atoms with Gasteiger partial charge in [-0.1, -0.05) is 36.3 Å². The molecule has 2 saturated heterocycles. The number of aliphatic imine (C=N–C) groups is 1. The molecule has 3 aliphatic heterocycles. The number of benzene rings is 2. The summed E-state index contributed by atoms with van der Waals surface area (Å²) in [6.45, 7) is 4.71. The fraction of sp³-hybridized carbons (Fsp3) is 0.364. The summed E-state index contributed by atoms with van der Waals surface area (Å²) >= 11 is 0. The summed E-state index contributed by atoms with van der Waals surface area (Å²) in [4.78, 5) is 73.0. The average Bonchev–Trinajstić information content (AvgIpc) is 3.44. The normalized spacial score (nSPS) is 21.1. The van der Waals surface area contributed by atoms with Gasteiger partial charge in [0.05, 0.1) is 29.7 Å². The number of para-hydroxylation sites is 1. The highest BCUT2D eigenvalue weighted by atomic mass is 16.4. The van der Waals surface area contributed by atoms with E-state index in [-0.39, 0.29) is 30.3 Å². The highest BCUT2D eigenvalue weighted by molar-refractivity contribution is 6.05. The van der Waals surface area contributed by atoms with Gasteiger partial charge in [0.1, 0.15) is 5.82 Å². The van der Waals surface area contributed by atoms with Gasteiger partial charge >= 0.3 is 12.0 Å². The van der Waals surface area contributed by atoms with Gasteiger partial charge in [-0.2, -0.15) is 0 Å². The van der Waals surface area contributed by atoms with Crippen LogP contribution in [-0.4, -0.2) is 109 Å². The Balaban J connectivity index is 1.24. The number of fused-ring (bicyclic) bond motifs is 2. The van der Waals surface area contributed by atoms with Crippen LogP contribution in [0.25, 0.3) is 10.9 Å². The molecule has 4 amide bonds. The summed E-state index contributed by atoms with van der Waals surface area (Å²) in [5.41, 5.74) is 1.51. The van der Waals surface area contributed by atoms with Gasteiger partial charge in [-0.3, -0.25) is 14.5 Å². The van der Waals surface area contributed by atoms with Gasteiger partial charge in [-0.15, -0.1) is 5.92 Å². The Morgan fingerprint density at radius 2 is 1.80 bits per heavy atom. The van der Waals surface area contributed by atoms with Crippen molar-refractivity contribution < 1.29 is 24.3 Å². The third-order valence-electron chi connectivity index (χ3n) is 8.58. The second-order valence-corrected chi connectivity index (χ2v) is 11.5. The first kappa shape index (κ1) is 30.5. The molecular formula is C33H34N8O5. The van der Waals surface area contributed by atoms with Crippen molar-refractivity contribution in [1.29, 1.82) is 0 Å². The monoisotopic (exact) mass is 622 g/mol. The summed E-state index contributed by atoms with van der Waals surface area (Å²) in [5, 5.41) is 13.4. The number of carbonyl (C=O) groups excluding carboxylic acids is 3. The third kappa shape index (κ3) is 5.58. The summed E-state index contributed by atoms with van der Waals surface area (Å²) in [7, 11) is 1.63. The quantitative estimate of drug-likeness (QED) is 0.395. The van der Waals surface area contributed by atoms with Gasteiger partial charge < -0.3 is 25.1 Å². The SMILES string of the molecule is CC#CCN1C(N2CCC[C@@H](NC(=O)c3ccccc3C(=O)O)C2)=NC2C1C(=O)N(Cc1nc(C)c3ccccc3n1)C(=O)N2C. The number of hydrogen-bond donors (Lipinski definition) is 2. The number of carboxylic acid groups (broad SMARTS) is 1. The molecule has 2 N–H and O–H groups in total. The number of rotatable bonds is 6. The van der Waals surface area contributed by atoms with Gasteiger partial charge in [0.25, 0.3) is 11.8 Å². The Hall–Kier alpha value is -5.51. The highest BCUT2D eigenvalue weighted by Crippen LogP contribution is 2.30. The molecule has 2 unspecified atom stereocenters. The molecule has 0 bridgehead atoms. The predicted molar refractivity (Wildman–Crippen MR) is 169 cm³/mol. The number of likely N-dealkylation sites (N-methyl/N-ethyl adjacent to an activating group) is 1. The maximum Gasteiger partial charge on any atom is 0.336 e. The zero-order valence-corrected chi connectivity index (χ0v) is 25.8. The second-order valence-electron chi connectivity index (χ2n) is 11.5. The standard InChI is InChI=1S/C33H34N8O5/c1-4-5-17-40-27-28(38(3)33(46)41(30(27)43)19-26-34-20(2)22-12-8-9-15-25(22)36-26)37-32(40)39-16-10-11-21(18-39)35-29(42)23-13-6-7-14-24(23)31(44)45/h6-9,12-15,21,27-28H,10-11,16-19H2,1-3H3,(H,35,42)(H,44,45)/t21-,27?,28?/m1/s1. The lowest BCUT2D eigenvalue weighted by molar-refractivity contribution is -0.138. The molecule has 13 nitrogen and oxygen atoms in total. The maximum absolute atomic E-state index is 14.1. The van der Waals surface area contributed by atoms with Crippen molar-refractivity contribution in [2.24, 2.45) is 4.99 Å². The molecular weight excluding hydrogens is 588 g/mol. The Morgan fingerprint density at radius 3 is 2.57 bits per heavy atom. The molecule has 13 heteroatoms. The number of amides is 4. The van der Waals surface area contributed by atoms with E-state index in [4.69, 9.17) is 4.99 Å². The number of aromatic nitrogens is 2.